The van der Waals surface area contributed by atoms with Crippen LogP contribution in [0.3, 0.4) is 0 Å². The summed E-state index contributed by atoms with van der Waals surface area (Å²) in [6.45, 7) is 3.57. The van der Waals surface area contributed by atoms with Crippen LogP contribution in [0.2, 0.25) is 0 Å². The second-order valence-electron chi connectivity index (χ2n) is 5.01. The third kappa shape index (κ3) is 5.47. The van der Waals surface area contributed by atoms with E-state index in [1.807, 2.05) is 18.8 Å². The van der Waals surface area contributed by atoms with Gasteiger partial charge < -0.3 is 5.32 Å². The zero-order chi connectivity index (χ0) is 13.6. The molecule has 0 aromatic heterocycles. The fraction of sp³-hybridized carbons (Fsp3) is 1.00. The molecule has 0 radical (unpaired) electrons. The van der Waals surface area contributed by atoms with E-state index in [-0.39, 0.29) is 0 Å². The molecule has 1 saturated heterocycles. The Hall–Kier alpha value is 0.220. The first kappa shape index (κ1) is 16.3. The summed E-state index contributed by atoms with van der Waals surface area (Å²) in [7, 11) is -1.01. The van der Waals surface area contributed by atoms with Gasteiger partial charge in [-0.3, -0.25) is 0 Å². The first-order valence-corrected chi connectivity index (χ1v) is 9.67. The average Bonchev–Trinajstić information content (AvgIpc) is 2.33. The molecule has 0 bridgehead atoms. The van der Waals surface area contributed by atoms with E-state index in [9.17, 15) is 8.42 Å². The lowest BCUT2D eigenvalue weighted by Gasteiger charge is -2.32. The van der Waals surface area contributed by atoms with Crippen LogP contribution in [-0.2, 0) is 10.0 Å². The Morgan fingerprint density at radius 2 is 2.22 bits per heavy atom. The van der Waals surface area contributed by atoms with Gasteiger partial charge in [-0.1, -0.05) is 6.92 Å². The summed E-state index contributed by atoms with van der Waals surface area (Å²) in [6, 6.07) is 0.500. The molecule has 2 unspecified atom stereocenters. The molecule has 0 aliphatic carbocycles. The van der Waals surface area contributed by atoms with Gasteiger partial charge in [-0.25, -0.2) is 12.7 Å². The van der Waals surface area contributed by atoms with Crippen molar-refractivity contribution in [3.05, 3.63) is 0 Å². The molecule has 6 heteroatoms. The minimum absolute atomic E-state index is 0.500. The zero-order valence-electron chi connectivity index (χ0n) is 11.7. The van der Waals surface area contributed by atoms with Crippen LogP contribution in [-0.4, -0.2) is 56.7 Å². The van der Waals surface area contributed by atoms with Gasteiger partial charge in [0.15, 0.2) is 0 Å². The van der Waals surface area contributed by atoms with Crippen LogP contribution >= 0.6 is 11.8 Å². The molecule has 0 saturated carbocycles. The molecule has 0 amide bonds. The first-order chi connectivity index (χ1) is 8.47. The molecule has 1 aliphatic rings. The van der Waals surface area contributed by atoms with Crippen molar-refractivity contribution in [3.8, 4) is 0 Å². The summed E-state index contributed by atoms with van der Waals surface area (Å²) < 4.78 is 24.8. The van der Waals surface area contributed by atoms with Gasteiger partial charge in [0.05, 0.1) is 6.26 Å². The maximum atomic E-state index is 11.6. The standard InChI is InChI=1S/C12H26N2O2S2/c1-4-17-10-12(13-2)8-11-6-5-7-14(9-11)18(3,15)16/h11-13H,4-10H2,1-3H3. The summed E-state index contributed by atoms with van der Waals surface area (Å²) >= 11 is 1.94. The van der Waals surface area contributed by atoms with E-state index < -0.39 is 10.0 Å². The highest BCUT2D eigenvalue weighted by molar-refractivity contribution is 7.99. The van der Waals surface area contributed by atoms with Crippen LogP contribution in [0, 0.1) is 5.92 Å². The SMILES string of the molecule is CCSCC(CC1CCCN(S(C)(=O)=O)C1)NC. The van der Waals surface area contributed by atoms with Crippen molar-refractivity contribution in [2.45, 2.75) is 32.2 Å². The first-order valence-electron chi connectivity index (χ1n) is 6.67. The predicted molar refractivity (Wildman–Crippen MR) is 79.6 cm³/mol. The van der Waals surface area contributed by atoms with Crippen molar-refractivity contribution >= 4 is 21.8 Å². The molecule has 1 N–H and O–H groups in total. The Morgan fingerprint density at radius 3 is 2.78 bits per heavy atom. The molecule has 0 aromatic rings. The summed E-state index contributed by atoms with van der Waals surface area (Å²) in [5.74, 6) is 2.75. The fourth-order valence-electron chi connectivity index (χ4n) is 2.45. The molecule has 1 rings (SSSR count). The average molecular weight is 294 g/mol. The summed E-state index contributed by atoms with van der Waals surface area (Å²) in [5.41, 5.74) is 0. The van der Waals surface area contributed by atoms with Crippen LogP contribution in [0.25, 0.3) is 0 Å². The number of sulfonamides is 1. The second kappa shape index (κ2) is 7.72. The van der Waals surface area contributed by atoms with Crippen molar-refractivity contribution < 1.29 is 8.42 Å². The molecule has 0 aromatic carbocycles. The Bertz CT molecular complexity index is 333. The van der Waals surface area contributed by atoms with Crippen molar-refractivity contribution in [3.63, 3.8) is 0 Å². The predicted octanol–water partition coefficient (Wildman–Crippen LogP) is 1.39. The lowest BCUT2D eigenvalue weighted by atomic mass is 9.93. The number of rotatable bonds is 7. The Kier molecular flexibility index (Phi) is 6.98. The summed E-state index contributed by atoms with van der Waals surface area (Å²) in [6.07, 6.45) is 4.55. The van der Waals surface area contributed by atoms with Gasteiger partial charge in [-0.2, -0.15) is 11.8 Å². The summed E-state index contributed by atoms with van der Waals surface area (Å²) in [4.78, 5) is 0. The molecular formula is C12H26N2O2S2. The van der Waals surface area contributed by atoms with E-state index in [1.54, 1.807) is 4.31 Å². The monoisotopic (exact) mass is 294 g/mol. The molecule has 0 spiro atoms. The molecular weight excluding hydrogens is 268 g/mol. The zero-order valence-corrected chi connectivity index (χ0v) is 13.3. The van der Waals surface area contributed by atoms with Gasteiger partial charge in [0.1, 0.15) is 0 Å². The number of hydrogen-bond acceptors (Lipinski definition) is 4. The number of nitrogens with zero attached hydrogens (tertiary/aromatic N) is 1. The second-order valence-corrected chi connectivity index (χ2v) is 8.31. The van der Waals surface area contributed by atoms with Crippen molar-refractivity contribution in [1.82, 2.24) is 9.62 Å². The molecule has 4 nitrogen and oxygen atoms in total. The van der Waals surface area contributed by atoms with E-state index in [0.29, 0.717) is 25.0 Å². The molecule has 108 valence electrons. The molecule has 18 heavy (non-hydrogen) atoms. The summed E-state index contributed by atoms with van der Waals surface area (Å²) in [5, 5.41) is 3.35. The number of nitrogens with one attached hydrogen (secondary N) is 1. The maximum Gasteiger partial charge on any atom is 0.211 e. The number of piperidine rings is 1. The van der Waals surface area contributed by atoms with Gasteiger partial charge in [0.25, 0.3) is 0 Å². The van der Waals surface area contributed by atoms with Gasteiger partial charge in [-0.05, 0) is 38.0 Å². The third-order valence-electron chi connectivity index (χ3n) is 3.50. The van der Waals surface area contributed by atoms with Crippen LogP contribution in [0.15, 0.2) is 0 Å². The van der Waals surface area contributed by atoms with Crippen LogP contribution in [0.1, 0.15) is 26.2 Å². The molecule has 2 atom stereocenters. The lowest BCUT2D eigenvalue weighted by Crippen LogP contribution is -2.41. The van der Waals surface area contributed by atoms with Crippen LogP contribution < -0.4 is 5.32 Å². The lowest BCUT2D eigenvalue weighted by molar-refractivity contribution is 0.244. The van der Waals surface area contributed by atoms with E-state index in [4.69, 9.17) is 0 Å². The van der Waals surface area contributed by atoms with Gasteiger partial charge in [-0.15, -0.1) is 0 Å². The van der Waals surface area contributed by atoms with Gasteiger partial charge in [0.2, 0.25) is 10.0 Å². The Labute approximate surface area is 116 Å². The number of hydrogen-bond donors (Lipinski definition) is 1. The highest BCUT2D eigenvalue weighted by Crippen LogP contribution is 2.23. The van der Waals surface area contributed by atoms with E-state index in [0.717, 1.165) is 30.8 Å². The molecule has 1 heterocycles. The maximum absolute atomic E-state index is 11.6. The van der Waals surface area contributed by atoms with E-state index >= 15 is 0 Å². The topological polar surface area (TPSA) is 49.4 Å². The minimum atomic E-state index is -3.01. The quantitative estimate of drug-likeness (QED) is 0.771. The van der Waals surface area contributed by atoms with Crippen LogP contribution in [0.4, 0.5) is 0 Å². The molecule has 1 fully saturated rings. The van der Waals surface area contributed by atoms with Gasteiger partial charge in [0, 0.05) is 24.9 Å². The fourth-order valence-corrected chi connectivity index (χ4v) is 4.22. The Morgan fingerprint density at radius 1 is 1.50 bits per heavy atom. The number of thioether (sulfide) groups is 1. The highest BCUT2D eigenvalue weighted by atomic mass is 32.2. The molecule has 1 aliphatic heterocycles. The smallest absolute Gasteiger partial charge is 0.211 e. The third-order valence-corrected chi connectivity index (χ3v) is 5.82. The van der Waals surface area contributed by atoms with Crippen molar-refractivity contribution in [2.24, 2.45) is 5.92 Å². The van der Waals surface area contributed by atoms with Crippen LogP contribution in [0.5, 0.6) is 0 Å². The van der Waals surface area contributed by atoms with Crippen molar-refractivity contribution in [2.75, 3.05) is 37.9 Å². The van der Waals surface area contributed by atoms with E-state index in [2.05, 4.69) is 12.2 Å². The largest absolute Gasteiger partial charge is 0.316 e. The van der Waals surface area contributed by atoms with Crippen molar-refractivity contribution in [1.29, 1.82) is 0 Å². The minimum Gasteiger partial charge on any atom is -0.316 e. The Balaban J connectivity index is 2.46. The van der Waals surface area contributed by atoms with Gasteiger partial charge >= 0.3 is 0 Å². The highest BCUT2D eigenvalue weighted by Gasteiger charge is 2.27. The van der Waals surface area contributed by atoms with E-state index in [1.165, 1.54) is 6.26 Å². The normalized spacial score (nSPS) is 24.1.